The maximum atomic E-state index is 14.2. The van der Waals surface area contributed by atoms with Gasteiger partial charge in [-0.3, -0.25) is 14.2 Å². The predicted octanol–water partition coefficient (Wildman–Crippen LogP) is 14.3. The van der Waals surface area contributed by atoms with E-state index in [-0.39, 0.29) is 19.6 Å². The van der Waals surface area contributed by atoms with E-state index in [1.165, 1.54) is 95.7 Å². The minimum absolute atomic E-state index is 0.0640. The number of hydrogen-bond acceptors (Lipinski definition) is 10. The maximum Gasteiger partial charge on any atom is 0.309 e. The van der Waals surface area contributed by atoms with E-state index in [2.05, 4.69) is 61.5 Å². The number of carbonyl (C=O) groups excluding carboxylic acids is 2. The molecule has 0 aromatic heterocycles. The average Bonchev–Trinajstić information content (AvgIpc) is 3.36. The fraction of sp³-hybridized carbons (Fsp3) is 0.600. The summed E-state index contributed by atoms with van der Waals surface area (Å²) in [4.78, 5) is 40.1. The average molecular weight is 1010 g/mol. The van der Waals surface area contributed by atoms with Crippen molar-refractivity contribution in [1.82, 2.24) is 0 Å². The molecule has 3 atom stereocenters. The Labute approximate surface area is 432 Å². The Morgan fingerprint density at radius 3 is 1.86 bits per heavy atom. The van der Waals surface area contributed by atoms with E-state index in [1.807, 2.05) is 39.3 Å². The molecular weight excluding hydrogens is 926 g/mol. The number of ether oxygens (including phenoxy) is 4. The molecule has 0 aliphatic rings. The molecule has 0 radical (unpaired) electrons. The highest BCUT2D eigenvalue weighted by molar-refractivity contribution is 7.45. The Hall–Kier alpha value is -4.25. The van der Waals surface area contributed by atoms with E-state index >= 15 is 0 Å². The molecule has 0 aliphatic heterocycles. The van der Waals surface area contributed by atoms with Crippen LogP contribution in [0.4, 0.5) is 0 Å². The van der Waals surface area contributed by atoms with E-state index in [1.54, 1.807) is 14.2 Å². The number of carbonyl (C=O) groups is 2. The zero-order chi connectivity index (χ0) is 51.6. The molecule has 0 saturated carbocycles. The third kappa shape index (κ3) is 20.6. The number of hydrogen-bond donors (Lipinski definition) is 0. The Morgan fingerprint density at radius 2 is 1.19 bits per heavy atom. The molecule has 0 spiro atoms. The van der Waals surface area contributed by atoms with Gasteiger partial charge in [0.05, 0.1) is 47.9 Å². The number of benzene rings is 5. The molecule has 12 heteroatoms. The highest BCUT2D eigenvalue weighted by Gasteiger charge is 2.27. The number of methoxy groups -OCH3 is 2. The summed E-state index contributed by atoms with van der Waals surface area (Å²) in [5, 5.41) is 7.80. The summed E-state index contributed by atoms with van der Waals surface area (Å²) >= 11 is 0. The van der Waals surface area contributed by atoms with Crippen molar-refractivity contribution in [2.24, 2.45) is 5.92 Å². The molecule has 5 rings (SSSR count). The van der Waals surface area contributed by atoms with Crippen LogP contribution < -0.4 is 14.4 Å². The van der Waals surface area contributed by atoms with Gasteiger partial charge in [0.1, 0.15) is 31.3 Å². The van der Waals surface area contributed by atoms with Gasteiger partial charge in [-0.05, 0) is 94.5 Å². The van der Waals surface area contributed by atoms with Crippen LogP contribution in [0.25, 0.3) is 32.3 Å². The zero-order valence-corrected chi connectivity index (χ0v) is 45.8. The second kappa shape index (κ2) is 31.5. The number of esters is 2. The third-order valence-electron chi connectivity index (χ3n) is 14.0. The Balaban J connectivity index is 1.16. The summed E-state index contributed by atoms with van der Waals surface area (Å²) in [6.07, 6.45) is 23.0. The molecule has 5 aromatic rings. The molecule has 0 bridgehead atoms. The molecular formula is C60H88NO10P. The first-order valence-electron chi connectivity index (χ1n) is 27.4. The summed E-state index contributed by atoms with van der Waals surface area (Å²) in [5.41, 5.74) is 2.42. The van der Waals surface area contributed by atoms with Crippen LogP contribution in [-0.2, 0) is 45.5 Å². The van der Waals surface area contributed by atoms with Crippen LogP contribution in [-0.4, -0.2) is 84.3 Å². The second-order valence-electron chi connectivity index (χ2n) is 21.0. The largest absolute Gasteiger partial charge is 0.756 e. The first-order chi connectivity index (χ1) is 34.8. The lowest BCUT2D eigenvalue weighted by atomic mass is 9.89. The molecule has 0 aliphatic carbocycles. The van der Waals surface area contributed by atoms with Gasteiger partial charge in [0.15, 0.2) is 6.10 Å². The van der Waals surface area contributed by atoms with Crippen LogP contribution in [0.15, 0.2) is 72.8 Å². The standard InChI is InChI=1S/C60H88NO10P/c1-7-8-9-10-11-12-13-14-15-16-17-18-23-36-57(62)68-45-54(46-70-72(64,65)69-42-41-61(2,3)4)71-60(63)50(30-25-24-28-47-39-40-53(66-5)44-56(47)67-6)29-21-19-20-22-31-51-43-52-34-26-32-48-37-38-49-33-27-35-55(51)59(49)58(48)52/h26-27,32-35,37-40,43-44,50,54H,7-25,28-31,36,41-42,45-46H2,1-6H3/t50?,54-/m1/s1. The van der Waals surface area contributed by atoms with Gasteiger partial charge in [-0.2, -0.15) is 0 Å². The summed E-state index contributed by atoms with van der Waals surface area (Å²) in [6, 6.07) is 25.8. The summed E-state index contributed by atoms with van der Waals surface area (Å²) in [5.74, 6) is 0.189. The van der Waals surface area contributed by atoms with Crippen molar-refractivity contribution in [2.75, 3.05) is 61.7 Å². The summed E-state index contributed by atoms with van der Waals surface area (Å²) in [7, 11) is 4.33. The number of likely N-dealkylation sites (N-methyl/N-ethyl adjacent to an activating group) is 1. The molecule has 0 fully saturated rings. The van der Waals surface area contributed by atoms with Gasteiger partial charge in [-0.25, -0.2) is 0 Å². The first kappa shape index (κ1) is 58.6. The van der Waals surface area contributed by atoms with Gasteiger partial charge in [0.25, 0.3) is 7.82 Å². The van der Waals surface area contributed by atoms with Gasteiger partial charge in [-0.15, -0.1) is 0 Å². The van der Waals surface area contributed by atoms with Crippen molar-refractivity contribution >= 4 is 52.1 Å². The van der Waals surface area contributed by atoms with E-state index in [0.29, 0.717) is 30.3 Å². The van der Waals surface area contributed by atoms with Gasteiger partial charge < -0.3 is 37.4 Å². The van der Waals surface area contributed by atoms with Gasteiger partial charge >= 0.3 is 11.9 Å². The SMILES string of the molecule is CCCCCCCCCCCCCCCC(=O)OC[C@H](COP(=O)([O-])OCC[N+](C)(C)C)OC(=O)C(CCCCCCc1cc2cccc3ccc4cccc1c4c32)CCCCc1ccc(OC)cc1OC. The molecule has 0 saturated heterocycles. The smallest absolute Gasteiger partial charge is 0.309 e. The number of quaternary nitrogens is 1. The molecule has 11 nitrogen and oxygen atoms in total. The minimum Gasteiger partial charge on any atom is -0.756 e. The number of rotatable bonds is 39. The number of unbranched alkanes of at least 4 members (excludes halogenated alkanes) is 16. The topological polar surface area (TPSA) is 130 Å². The van der Waals surface area contributed by atoms with Crippen LogP contribution in [0.1, 0.15) is 159 Å². The Morgan fingerprint density at radius 1 is 0.611 bits per heavy atom. The predicted molar refractivity (Wildman–Crippen MR) is 291 cm³/mol. The summed E-state index contributed by atoms with van der Waals surface area (Å²) in [6.45, 7) is 1.80. The fourth-order valence-corrected chi connectivity index (χ4v) is 10.5. The second-order valence-corrected chi connectivity index (χ2v) is 22.4. The van der Waals surface area contributed by atoms with Crippen LogP contribution in [0.5, 0.6) is 11.5 Å². The van der Waals surface area contributed by atoms with Crippen molar-refractivity contribution in [3.05, 3.63) is 83.9 Å². The molecule has 0 N–H and O–H groups in total. The fourth-order valence-electron chi connectivity index (χ4n) is 9.81. The van der Waals surface area contributed by atoms with Crippen molar-refractivity contribution in [1.29, 1.82) is 0 Å². The van der Waals surface area contributed by atoms with Gasteiger partial charge in [0.2, 0.25) is 0 Å². The van der Waals surface area contributed by atoms with Crippen LogP contribution in [0.3, 0.4) is 0 Å². The quantitative estimate of drug-likeness (QED) is 0.0123. The van der Waals surface area contributed by atoms with E-state index in [4.69, 9.17) is 28.0 Å². The normalized spacial score (nSPS) is 13.7. The lowest BCUT2D eigenvalue weighted by Gasteiger charge is -2.28. The molecule has 72 heavy (non-hydrogen) atoms. The molecule has 0 heterocycles. The van der Waals surface area contributed by atoms with Gasteiger partial charge in [-0.1, -0.05) is 170 Å². The lowest BCUT2D eigenvalue weighted by molar-refractivity contribution is -0.870. The number of aryl methyl sites for hydroxylation is 2. The number of phosphoric acid groups is 1. The third-order valence-corrected chi connectivity index (χ3v) is 15.0. The summed E-state index contributed by atoms with van der Waals surface area (Å²) < 4.78 is 46.6. The molecule has 0 amide bonds. The first-order valence-corrected chi connectivity index (χ1v) is 28.9. The van der Waals surface area contributed by atoms with Crippen LogP contribution in [0, 0.1) is 5.92 Å². The highest BCUT2D eigenvalue weighted by Crippen LogP contribution is 2.39. The molecule has 5 aromatic carbocycles. The van der Waals surface area contributed by atoms with Crippen molar-refractivity contribution in [2.45, 2.75) is 167 Å². The lowest BCUT2D eigenvalue weighted by Crippen LogP contribution is -2.37. The number of phosphoric ester groups is 1. The van der Waals surface area contributed by atoms with E-state index in [0.717, 1.165) is 87.7 Å². The van der Waals surface area contributed by atoms with Crippen LogP contribution in [0.2, 0.25) is 0 Å². The van der Waals surface area contributed by atoms with Crippen molar-refractivity contribution in [3.63, 3.8) is 0 Å². The number of nitrogens with zero attached hydrogens (tertiary/aromatic N) is 1. The highest BCUT2D eigenvalue weighted by atomic mass is 31.2. The zero-order valence-electron chi connectivity index (χ0n) is 44.9. The van der Waals surface area contributed by atoms with Crippen LogP contribution >= 0.6 is 7.82 Å². The Bertz CT molecular complexity index is 2400. The van der Waals surface area contributed by atoms with Crippen molar-refractivity contribution in [3.8, 4) is 11.5 Å². The maximum absolute atomic E-state index is 14.2. The van der Waals surface area contributed by atoms with Crippen molar-refractivity contribution < 1.29 is 51.5 Å². The van der Waals surface area contributed by atoms with E-state index < -0.39 is 38.4 Å². The minimum atomic E-state index is -4.75. The van der Waals surface area contributed by atoms with E-state index in [9.17, 15) is 19.0 Å². The Kier molecular flexibility index (Phi) is 25.6. The monoisotopic (exact) mass is 1010 g/mol. The molecule has 398 valence electrons. The van der Waals surface area contributed by atoms with Gasteiger partial charge in [0, 0.05) is 12.5 Å². The molecule has 2 unspecified atom stereocenters.